The van der Waals surface area contributed by atoms with Gasteiger partial charge in [-0.05, 0) is 84.9 Å². The molecule has 0 amide bonds. The van der Waals surface area contributed by atoms with E-state index < -0.39 is 0 Å². The number of benzene rings is 1. The van der Waals surface area contributed by atoms with E-state index in [1.165, 1.54) is 55.0 Å². The van der Waals surface area contributed by atoms with Crippen LogP contribution in [0.5, 0.6) is 0 Å². The molecule has 0 saturated heterocycles. The van der Waals surface area contributed by atoms with Gasteiger partial charge >= 0.3 is 0 Å². The van der Waals surface area contributed by atoms with Crippen LogP contribution in [-0.4, -0.2) is 19.7 Å². The molecule has 2 unspecified atom stereocenters. The van der Waals surface area contributed by atoms with Crippen molar-refractivity contribution in [2.75, 3.05) is 0 Å². The lowest BCUT2D eigenvalue weighted by Gasteiger charge is -2.63. The lowest BCUT2D eigenvalue weighted by molar-refractivity contribution is -0.0607. The van der Waals surface area contributed by atoms with Crippen molar-refractivity contribution in [1.82, 2.24) is 19.7 Å². The molecule has 4 aromatic rings. The first kappa shape index (κ1) is 16.1. The van der Waals surface area contributed by atoms with Crippen molar-refractivity contribution >= 4 is 21.8 Å². The van der Waals surface area contributed by atoms with Crippen molar-refractivity contribution in [3.05, 3.63) is 66.7 Å². The summed E-state index contributed by atoms with van der Waals surface area (Å²) in [5.74, 6) is 1.65. The molecule has 1 aromatic carbocycles. The van der Waals surface area contributed by atoms with Crippen molar-refractivity contribution in [2.24, 2.45) is 11.8 Å². The molecule has 4 heteroatoms. The number of nitrogens with zero attached hydrogens (tertiary/aromatic N) is 4. The Bertz CT molecular complexity index is 1240. The summed E-state index contributed by atoms with van der Waals surface area (Å²) < 4.78 is 2.65. The highest BCUT2D eigenvalue weighted by Crippen LogP contribution is 2.65. The van der Waals surface area contributed by atoms with Gasteiger partial charge in [-0.15, -0.1) is 0 Å². The molecule has 29 heavy (non-hydrogen) atoms. The smallest absolute Gasteiger partial charge is 0.0919 e. The van der Waals surface area contributed by atoms with Crippen LogP contribution in [0.3, 0.4) is 0 Å². The first-order valence-corrected chi connectivity index (χ1v) is 10.9. The maximum absolute atomic E-state index is 4.76. The monoisotopic (exact) mass is 380 g/mol. The van der Waals surface area contributed by atoms with E-state index in [0.717, 1.165) is 22.7 Å². The lowest BCUT2D eigenvalue weighted by atomic mass is 9.45. The minimum atomic E-state index is 0.249. The Balaban J connectivity index is 1.40. The molecule has 0 radical (unpaired) electrons. The van der Waals surface area contributed by atoms with E-state index in [2.05, 4.69) is 63.6 Å². The van der Waals surface area contributed by atoms with Gasteiger partial charge in [0.05, 0.1) is 17.9 Å². The van der Waals surface area contributed by atoms with Crippen LogP contribution in [-0.2, 0) is 11.0 Å². The van der Waals surface area contributed by atoms with Gasteiger partial charge in [-0.1, -0.05) is 18.2 Å². The van der Waals surface area contributed by atoms with E-state index in [1.54, 1.807) is 6.20 Å². The van der Waals surface area contributed by atoms with Crippen LogP contribution in [0.15, 0.2) is 61.2 Å². The molecule has 3 aromatic heterocycles. The molecule has 4 bridgehead atoms. The summed E-state index contributed by atoms with van der Waals surface area (Å²) in [5, 5.41) is 10.6. The first-order chi connectivity index (χ1) is 14.2. The molecule has 4 aliphatic carbocycles. The van der Waals surface area contributed by atoms with Gasteiger partial charge in [0.2, 0.25) is 0 Å². The molecule has 0 spiro atoms. The van der Waals surface area contributed by atoms with Crippen LogP contribution >= 0.6 is 0 Å². The highest BCUT2D eigenvalue weighted by molar-refractivity contribution is 5.80. The van der Waals surface area contributed by atoms with Gasteiger partial charge < -0.3 is 4.57 Å². The number of hydrogen-bond acceptors (Lipinski definition) is 3. The van der Waals surface area contributed by atoms with Crippen LogP contribution in [0, 0.1) is 11.8 Å². The Morgan fingerprint density at radius 1 is 0.862 bits per heavy atom. The average Bonchev–Trinajstić information content (AvgIpc) is 3.18. The van der Waals surface area contributed by atoms with Gasteiger partial charge in [-0.3, -0.25) is 4.98 Å². The fraction of sp³-hybridized carbons (Fsp3) is 0.400. The molecular formula is C25H24N4. The summed E-state index contributed by atoms with van der Waals surface area (Å²) >= 11 is 0. The molecule has 144 valence electrons. The normalized spacial score (nSPS) is 33.0. The summed E-state index contributed by atoms with van der Waals surface area (Å²) in [5.41, 5.74) is 4.27. The summed E-state index contributed by atoms with van der Waals surface area (Å²) in [6.45, 7) is 0. The molecule has 3 heterocycles. The topological polar surface area (TPSA) is 43.6 Å². The number of hydrogen-bond donors (Lipinski definition) is 0. The van der Waals surface area contributed by atoms with Crippen molar-refractivity contribution in [3.8, 4) is 0 Å². The third-order valence-electron chi connectivity index (χ3n) is 8.15. The Morgan fingerprint density at radius 3 is 2.59 bits per heavy atom. The second-order valence-corrected chi connectivity index (χ2v) is 9.90. The van der Waals surface area contributed by atoms with Crippen LogP contribution in [0.2, 0.25) is 0 Å². The quantitative estimate of drug-likeness (QED) is 0.478. The second kappa shape index (κ2) is 5.44. The third kappa shape index (κ3) is 2.17. The van der Waals surface area contributed by atoms with Crippen molar-refractivity contribution in [2.45, 2.75) is 49.5 Å². The zero-order valence-electron chi connectivity index (χ0n) is 16.5. The second-order valence-electron chi connectivity index (χ2n) is 9.90. The Hall–Kier alpha value is -2.75. The molecule has 8 rings (SSSR count). The molecule has 4 fully saturated rings. The van der Waals surface area contributed by atoms with E-state index in [0.29, 0.717) is 0 Å². The van der Waals surface area contributed by atoms with Crippen LogP contribution < -0.4 is 0 Å². The molecule has 0 aliphatic heterocycles. The van der Waals surface area contributed by atoms with E-state index in [-0.39, 0.29) is 11.0 Å². The number of aromatic nitrogens is 4. The molecule has 4 aliphatic rings. The van der Waals surface area contributed by atoms with E-state index in [4.69, 9.17) is 4.98 Å². The molecule has 4 nitrogen and oxygen atoms in total. The summed E-state index contributed by atoms with van der Waals surface area (Å²) in [4.78, 5) is 4.76. The molecule has 4 saturated carbocycles. The number of fused-ring (bicyclic) bond motifs is 2. The number of para-hydroxylation sites is 1. The minimum Gasteiger partial charge on any atom is -0.341 e. The van der Waals surface area contributed by atoms with E-state index in [9.17, 15) is 0 Å². The zero-order chi connectivity index (χ0) is 19.1. The Labute approximate surface area is 170 Å². The van der Waals surface area contributed by atoms with Crippen LogP contribution in [0.4, 0.5) is 0 Å². The fourth-order valence-electron chi connectivity index (χ4n) is 7.51. The predicted molar refractivity (Wildman–Crippen MR) is 114 cm³/mol. The maximum Gasteiger partial charge on any atom is 0.0919 e. The molecule has 2 atom stereocenters. The largest absolute Gasteiger partial charge is 0.341 e. The highest BCUT2D eigenvalue weighted by atomic mass is 15.1. The highest BCUT2D eigenvalue weighted by Gasteiger charge is 2.59. The lowest BCUT2D eigenvalue weighted by Crippen LogP contribution is -2.58. The van der Waals surface area contributed by atoms with Gasteiger partial charge in [0, 0.05) is 28.8 Å². The predicted octanol–water partition coefficient (Wildman–Crippen LogP) is 5.23. The standard InChI is InChI=1S/C25H24N4/c1-2-4-23-19(3-1)5-6-29(23)25-11-17-7-18(12-25)10-24(9-17,16-25)21-8-20-13-27-28-15-22(20)26-14-21/h1-6,8,13-15,17-18H,7,9-12,16H2. The van der Waals surface area contributed by atoms with Crippen LogP contribution in [0.25, 0.3) is 21.8 Å². The minimum absolute atomic E-state index is 0.249. The van der Waals surface area contributed by atoms with Crippen molar-refractivity contribution < 1.29 is 0 Å². The molecular weight excluding hydrogens is 356 g/mol. The summed E-state index contributed by atoms with van der Waals surface area (Å²) in [6.07, 6.45) is 16.1. The van der Waals surface area contributed by atoms with Crippen LogP contribution in [0.1, 0.15) is 44.1 Å². The fourth-order valence-corrected chi connectivity index (χ4v) is 7.51. The molecule has 0 N–H and O–H groups in total. The van der Waals surface area contributed by atoms with Gasteiger partial charge in [0.1, 0.15) is 0 Å². The third-order valence-corrected chi connectivity index (χ3v) is 8.15. The van der Waals surface area contributed by atoms with Gasteiger partial charge in [0.15, 0.2) is 0 Å². The van der Waals surface area contributed by atoms with Gasteiger partial charge in [-0.2, -0.15) is 10.2 Å². The summed E-state index contributed by atoms with van der Waals surface area (Å²) in [6, 6.07) is 13.5. The average molecular weight is 380 g/mol. The van der Waals surface area contributed by atoms with Gasteiger partial charge in [-0.25, -0.2) is 0 Å². The Morgan fingerprint density at radius 2 is 1.69 bits per heavy atom. The van der Waals surface area contributed by atoms with Crippen molar-refractivity contribution in [3.63, 3.8) is 0 Å². The van der Waals surface area contributed by atoms with E-state index in [1.807, 2.05) is 6.20 Å². The SMILES string of the molecule is c1ccc2c(c1)ccn2C12CC3CC(CC(c4cnc5cnncc5c4)(C3)C1)C2. The number of rotatable bonds is 2. The maximum atomic E-state index is 4.76. The summed E-state index contributed by atoms with van der Waals surface area (Å²) in [7, 11) is 0. The van der Waals surface area contributed by atoms with E-state index >= 15 is 0 Å². The van der Waals surface area contributed by atoms with Gasteiger partial charge in [0.25, 0.3) is 0 Å². The number of pyridine rings is 1. The first-order valence-electron chi connectivity index (χ1n) is 10.9. The Kier molecular flexibility index (Phi) is 3.02. The zero-order valence-corrected chi connectivity index (χ0v) is 16.5. The van der Waals surface area contributed by atoms with Crippen molar-refractivity contribution in [1.29, 1.82) is 0 Å².